The van der Waals surface area contributed by atoms with Crippen molar-refractivity contribution >= 4 is 29.4 Å². The normalized spacial score (nSPS) is 19.2. The van der Waals surface area contributed by atoms with Gasteiger partial charge in [-0.3, -0.25) is 24.0 Å². The number of epoxide rings is 1. The standard InChI is InChI=1S/C22H33N5O9/c1-11(2)6-12(17(28)22(3)10-35-22)24-20(31)14(8-33-4)26-21(32)15(9-34-5)25-19(30)13-7-16(18(23)29)36-27-13/h7,11-12,14-15H,6,8-10H2,1-5H3,(H2,23,29)(H,24,31)(H,25,30)(H,26,32)/t12?,14-,15?,22?/m0/s1. The van der Waals surface area contributed by atoms with Crippen molar-refractivity contribution in [2.75, 3.05) is 34.0 Å². The molecule has 1 aliphatic heterocycles. The van der Waals surface area contributed by atoms with Crippen LogP contribution in [0.25, 0.3) is 0 Å². The number of nitrogens with two attached hydrogens (primary N) is 1. The lowest BCUT2D eigenvalue weighted by molar-refractivity contribution is -0.134. The highest BCUT2D eigenvalue weighted by Crippen LogP contribution is 2.29. The minimum atomic E-state index is -1.24. The largest absolute Gasteiger partial charge is 0.382 e. The van der Waals surface area contributed by atoms with Crippen LogP contribution in [0.3, 0.4) is 0 Å². The second-order valence-corrected chi connectivity index (χ2v) is 9.01. The maximum absolute atomic E-state index is 13.0. The SMILES string of the molecule is COCC(NC(=O)c1cc(C(N)=O)on1)C(=O)N[C@@H](COC)C(=O)NC(CC(C)C)C(=O)C1(C)CO1. The van der Waals surface area contributed by atoms with E-state index in [1.807, 2.05) is 13.8 Å². The van der Waals surface area contributed by atoms with Gasteiger partial charge >= 0.3 is 0 Å². The predicted molar refractivity (Wildman–Crippen MR) is 123 cm³/mol. The second kappa shape index (κ2) is 12.6. The first kappa shape index (κ1) is 28.9. The highest BCUT2D eigenvalue weighted by Gasteiger charge is 2.50. The summed E-state index contributed by atoms with van der Waals surface area (Å²) in [5.74, 6) is -3.64. The predicted octanol–water partition coefficient (Wildman–Crippen LogP) is -1.46. The van der Waals surface area contributed by atoms with Crippen molar-refractivity contribution in [2.24, 2.45) is 11.7 Å². The molecule has 200 valence electrons. The average molecular weight is 512 g/mol. The van der Waals surface area contributed by atoms with Crippen LogP contribution in [0.4, 0.5) is 0 Å². The molecule has 5 N–H and O–H groups in total. The van der Waals surface area contributed by atoms with E-state index < -0.39 is 47.4 Å². The molecule has 14 heteroatoms. The fraction of sp³-hybridized carbons (Fsp3) is 0.636. The van der Waals surface area contributed by atoms with Gasteiger partial charge in [0.15, 0.2) is 11.5 Å². The number of ketones is 1. The summed E-state index contributed by atoms with van der Waals surface area (Å²) in [5, 5.41) is 11.0. The number of ether oxygens (including phenoxy) is 3. The van der Waals surface area contributed by atoms with Gasteiger partial charge in [-0.25, -0.2) is 0 Å². The number of aromatic nitrogens is 1. The van der Waals surface area contributed by atoms with Crippen LogP contribution in [-0.4, -0.2) is 92.3 Å². The van der Waals surface area contributed by atoms with Crippen molar-refractivity contribution in [1.82, 2.24) is 21.1 Å². The monoisotopic (exact) mass is 511 g/mol. The molecule has 1 aliphatic rings. The maximum Gasteiger partial charge on any atom is 0.287 e. The van der Waals surface area contributed by atoms with E-state index in [4.69, 9.17) is 19.9 Å². The number of nitrogens with one attached hydrogen (secondary N) is 3. The van der Waals surface area contributed by atoms with Crippen LogP contribution in [0.5, 0.6) is 0 Å². The number of Topliss-reactive ketones (excluding diaryl/α,β-unsaturated/α-hetero) is 1. The molecular formula is C22H33N5O9. The highest BCUT2D eigenvalue weighted by atomic mass is 16.6. The molecule has 2 heterocycles. The van der Waals surface area contributed by atoms with Crippen molar-refractivity contribution in [2.45, 2.75) is 50.9 Å². The first-order chi connectivity index (χ1) is 16.9. The molecule has 0 aromatic carbocycles. The summed E-state index contributed by atoms with van der Waals surface area (Å²) in [6.07, 6.45) is 0.379. The molecule has 1 aromatic heterocycles. The van der Waals surface area contributed by atoms with E-state index in [1.54, 1.807) is 6.92 Å². The van der Waals surface area contributed by atoms with Gasteiger partial charge in [0.1, 0.15) is 17.7 Å². The van der Waals surface area contributed by atoms with E-state index in [0.29, 0.717) is 6.42 Å². The first-order valence-electron chi connectivity index (χ1n) is 11.3. The van der Waals surface area contributed by atoms with Crippen molar-refractivity contribution in [3.8, 4) is 0 Å². The molecule has 1 saturated heterocycles. The fourth-order valence-electron chi connectivity index (χ4n) is 3.30. The number of methoxy groups -OCH3 is 2. The minimum absolute atomic E-state index is 0.102. The summed E-state index contributed by atoms with van der Waals surface area (Å²) < 4.78 is 20.0. The van der Waals surface area contributed by atoms with Gasteiger partial charge in [-0.15, -0.1) is 0 Å². The van der Waals surface area contributed by atoms with Crippen molar-refractivity contribution in [3.05, 3.63) is 17.5 Å². The Hall–Kier alpha value is -3.36. The lowest BCUT2D eigenvalue weighted by Gasteiger charge is -2.26. The van der Waals surface area contributed by atoms with E-state index in [0.717, 1.165) is 6.07 Å². The molecular weight excluding hydrogens is 478 g/mol. The lowest BCUT2D eigenvalue weighted by atomic mass is 9.93. The zero-order valence-corrected chi connectivity index (χ0v) is 20.9. The molecule has 0 saturated carbocycles. The van der Waals surface area contributed by atoms with Gasteiger partial charge in [-0.1, -0.05) is 19.0 Å². The number of nitrogens with zero attached hydrogens (tertiary/aromatic N) is 1. The van der Waals surface area contributed by atoms with E-state index >= 15 is 0 Å². The number of hydrogen-bond donors (Lipinski definition) is 4. The summed E-state index contributed by atoms with van der Waals surface area (Å²) >= 11 is 0. The van der Waals surface area contributed by atoms with Gasteiger partial charge < -0.3 is 40.4 Å². The second-order valence-electron chi connectivity index (χ2n) is 9.01. The zero-order valence-electron chi connectivity index (χ0n) is 20.9. The number of amides is 4. The van der Waals surface area contributed by atoms with E-state index in [9.17, 15) is 24.0 Å². The van der Waals surface area contributed by atoms with Crippen LogP contribution in [-0.2, 0) is 28.6 Å². The lowest BCUT2D eigenvalue weighted by Crippen LogP contribution is -2.58. The summed E-state index contributed by atoms with van der Waals surface area (Å²) in [4.78, 5) is 62.4. The number of rotatable bonds is 15. The summed E-state index contributed by atoms with van der Waals surface area (Å²) in [7, 11) is 2.66. The molecule has 3 unspecified atom stereocenters. The Morgan fingerprint density at radius 2 is 1.56 bits per heavy atom. The molecule has 0 radical (unpaired) electrons. The van der Waals surface area contributed by atoms with Crippen LogP contribution < -0.4 is 21.7 Å². The van der Waals surface area contributed by atoms with Gasteiger partial charge in [0.05, 0.1) is 25.9 Å². The van der Waals surface area contributed by atoms with Crippen molar-refractivity contribution in [1.29, 1.82) is 0 Å². The maximum atomic E-state index is 13.0. The van der Waals surface area contributed by atoms with Crippen LogP contribution in [0, 0.1) is 5.92 Å². The Balaban J connectivity index is 2.10. The molecule has 4 atom stereocenters. The van der Waals surface area contributed by atoms with Crippen molar-refractivity contribution < 1.29 is 42.7 Å². The number of carbonyl (C=O) groups is 5. The Morgan fingerprint density at radius 1 is 1.03 bits per heavy atom. The summed E-state index contributed by atoms with van der Waals surface area (Å²) in [6, 6.07) is -2.21. The number of hydrogen-bond acceptors (Lipinski definition) is 10. The summed E-state index contributed by atoms with van der Waals surface area (Å²) in [5.41, 5.74) is 3.86. The molecule has 0 spiro atoms. The third kappa shape index (κ3) is 7.83. The third-order valence-corrected chi connectivity index (χ3v) is 5.35. The van der Waals surface area contributed by atoms with Crippen LogP contribution in [0.1, 0.15) is 48.2 Å². The van der Waals surface area contributed by atoms with Gasteiger partial charge in [-0.05, 0) is 19.3 Å². The molecule has 0 aliphatic carbocycles. The Kier molecular flexibility index (Phi) is 10.1. The van der Waals surface area contributed by atoms with E-state index in [1.165, 1.54) is 14.2 Å². The smallest absolute Gasteiger partial charge is 0.287 e. The number of carbonyl (C=O) groups excluding carboxylic acids is 5. The van der Waals surface area contributed by atoms with Crippen LogP contribution in [0.2, 0.25) is 0 Å². The molecule has 36 heavy (non-hydrogen) atoms. The molecule has 0 bridgehead atoms. The summed E-state index contributed by atoms with van der Waals surface area (Å²) in [6.45, 7) is 5.31. The quantitative estimate of drug-likeness (QED) is 0.201. The van der Waals surface area contributed by atoms with Gasteiger partial charge in [-0.2, -0.15) is 0 Å². The molecule has 14 nitrogen and oxygen atoms in total. The van der Waals surface area contributed by atoms with Gasteiger partial charge in [0.25, 0.3) is 11.8 Å². The Morgan fingerprint density at radius 3 is 2.00 bits per heavy atom. The molecule has 1 fully saturated rings. The average Bonchev–Trinajstić information content (AvgIpc) is 3.35. The molecule has 1 aromatic rings. The van der Waals surface area contributed by atoms with Gasteiger partial charge in [0.2, 0.25) is 17.6 Å². The van der Waals surface area contributed by atoms with Crippen molar-refractivity contribution in [3.63, 3.8) is 0 Å². The van der Waals surface area contributed by atoms with E-state index in [-0.39, 0.29) is 43.0 Å². The van der Waals surface area contributed by atoms with E-state index in [2.05, 4.69) is 25.6 Å². The third-order valence-electron chi connectivity index (χ3n) is 5.35. The molecule has 4 amide bonds. The fourth-order valence-corrected chi connectivity index (χ4v) is 3.30. The Bertz CT molecular complexity index is 973. The minimum Gasteiger partial charge on any atom is -0.382 e. The number of primary amides is 1. The Labute approximate surface area is 207 Å². The molecule has 2 rings (SSSR count). The zero-order chi connectivity index (χ0) is 27.0. The van der Waals surface area contributed by atoms with Gasteiger partial charge in [0, 0.05) is 20.3 Å². The van der Waals surface area contributed by atoms with Crippen LogP contribution in [0.15, 0.2) is 10.6 Å². The van der Waals surface area contributed by atoms with Crippen LogP contribution >= 0.6 is 0 Å². The first-order valence-corrected chi connectivity index (χ1v) is 11.3. The highest BCUT2D eigenvalue weighted by molar-refractivity contribution is 6.00. The topological polar surface area (TPSA) is 204 Å².